The van der Waals surface area contributed by atoms with Gasteiger partial charge in [0, 0.05) is 5.69 Å². The minimum absolute atomic E-state index is 0.0104. The van der Waals surface area contributed by atoms with Crippen molar-refractivity contribution in [2.24, 2.45) is 0 Å². The molecule has 0 fully saturated rings. The summed E-state index contributed by atoms with van der Waals surface area (Å²) in [5, 5.41) is 2.92. The van der Waals surface area contributed by atoms with E-state index in [-0.39, 0.29) is 5.91 Å². The van der Waals surface area contributed by atoms with E-state index in [1.54, 1.807) is 7.11 Å². The maximum Gasteiger partial charge on any atom is 0.228 e. The van der Waals surface area contributed by atoms with Crippen molar-refractivity contribution in [3.8, 4) is 5.75 Å². The molecule has 2 aromatic rings. The molecule has 2 aromatic carbocycles. The molecule has 0 heterocycles. The van der Waals surface area contributed by atoms with E-state index in [0.29, 0.717) is 6.42 Å². The number of methoxy groups -OCH3 is 1. The molecule has 0 atom stereocenters. The van der Waals surface area contributed by atoms with E-state index >= 15 is 0 Å². The topological polar surface area (TPSA) is 38.3 Å². The molecule has 0 unspecified atom stereocenters. The first-order valence-electron chi connectivity index (χ1n) is 7.14. The smallest absolute Gasteiger partial charge is 0.228 e. The van der Waals surface area contributed by atoms with Crippen LogP contribution in [0.1, 0.15) is 23.6 Å². The Bertz CT molecular complexity index is 618. The summed E-state index contributed by atoms with van der Waals surface area (Å²) < 4.78 is 5.22. The maximum atomic E-state index is 12.1. The lowest BCUT2D eigenvalue weighted by atomic mass is 10.1. The number of nitrogens with one attached hydrogen (secondary N) is 1. The molecule has 21 heavy (non-hydrogen) atoms. The van der Waals surface area contributed by atoms with Gasteiger partial charge in [-0.2, -0.15) is 0 Å². The number of ether oxygens (including phenoxy) is 1. The molecule has 0 aromatic heterocycles. The highest BCUT2D eigenvalue weighted by Crippen LogP contribution is 2.19. The van der Waals surface area contributed by atoms with Crippen LogP contribution >= 0.6 is 0 Å². The summed E-state index contributed by atoms with van der Waals surface area (Å²) in [6.07, 6.45) is 1.36. The van der Waals surface area contributed by atoms with Gasteiger partial charge in [-0.25, -0.2) is 0 Å². The lowest BCUT2D eigenvalue weighted by Crippen LogP contribution is -2.14. The molecule has 0 aliphatic heterocycles. The predicted octanol–water partition coefficient (Wildman–Crippen LogP) is 3.75. The minimum atomic E-state index is -0.0104. The van der Waals surface area contributed by atoms with E-state index < -0.39 is 0 Å². The van der Waals surface area contributed by atoms with Crippen LogP contribution in [-0.4, -0.2) is 13.0 Å². The summed E-state index contributed by atoms with van der Waals surface area (Å²) in [5.41, 5.74) is 4.12. The summed E-state index contributed by atoms with van der Waals surface area (Å²) >= 11 is 0. The first kappa shape index (κ1) is 15.1. The number of carbonyl (C=O) groups excluding carboxylic acids is 1. The molecule has 3 heteroatoms. The zero-order valence-electron chi connectivity index (χ0n) is 12.8. The van der Waals surface area contributed by atoms with Gasteiger partial charge in [0.25, 0.3) is 0 Å². The molecule has 110 valence electrons. The van der Waals surface area contributed by atoms with Gasteiger partial charge in [0.1, 0.15) is 5.75 Å². The Hall–Kier alpha value is -2.29. The number of hydrogen-bond acceptors (Lipinski definition) is 2. The predicted molar refractivity (Wildman–Crippen MR) is 85.9 cm³/mol. The van der Waals surface area contributed by atoms with Gasteiger partial charge in [-0.1, -0.05) is 31.2 Å². The number of aryl methyl sites for hydroxylation is 2. The molecular formula is C18H21NO2. The van der Waals surface area contributed by atoms with Crippen LogP contribution in [-0.2, 0) is 17.6 Å². The van der Waals surface area contributed by atoms with Crippen molar-refractivity contribution in [3.05, 3.63) is 59.2 Å². The SMILES string of the molecule is CCc1ccc(NC(=O)Cc2ccc(OC)c(C)c2)cc1. The third-order valence-corrected chi connectivity index (χ3v) is 3.47. The van der Waals surface area contributed by atoms with Crippen LogP contribution < -0.4 is 10.1 Å². The van der Waals surface area contributed by atoms with Crippen molar-refractivity contribution in [3.63, 3.8) is 0 Å². The van der Waals surface area contributed by atoms with Crippen LogP contribution in [0.2, 0.25) is 0 Å². The van der Waals surface area contributed by atoms with E-state index in [4.69, 9.17) is 4.74 Å². The number of rotatable bonds is 5. The second-order valence-electron chi connectivity index (χ2n) is 5.08. The largest absolute Gasteiger partial charge is 0.496 e. The molecule has 0 spiro atoms. The van der Waals surface area contributed by atoms with E-state index in [9.17, 15) is 4.79 Å². The molecule has 3 nitrogen and oxygen atoms in total. The van der Waals surface area contributed by atoms with Gasteiger partial charge in [-0.05, 0) is 48.2 Å². The molecular weight excluding hydrogens is 262 g/mol. The Labute approximate surface area is 126 Å². The number of anilines is 1. The van der Waals surface area contributed by atoms with Crippen molar-refractivity contribution in [1.82, 2.24) is 0 Å². The van der Waals surface area contributed by atoms with Crippen molar-refractivity contribution >= 4 is 11.6 Å². The third-order valence-electron chi connectivity index (χ3n) is 3.47. The lowest BCUT2D eigenvalue weighted by molar-refractivity contribution is -0.115. The normalized spacial score (nSPS) is 10.2. The first-order valence-corrected chi connectivity index (χ1v) is 7.14. The summed E-state index contributed by atoms with van der Waals surface area (Å²) in [5.74, 6) is 0.832. The van der Waals surface area contributed by atoms with E-state index in [0.717, 1.165) is 29.0 Å². The Morgan fingerprint density at radius 1 is 1.10 bits per heavy atom. The van der Waals surface area contributed by atoms with Crippen molar-refractivity contribution in [1.29, 1.82) is 0 Å². The van der Waals surface area contributed by atoms with E-state index in [1.807, 2.05) is 49.4 Å². The first-order chi connectivity index (χ1) is 10.1. The quantitative estimate of drug-likeness (QED) is 0.907. The molecule has 0 aliphatic rings. The second kappa shape index (κ2) is 6.93. The van der Waals surface area contributed by atoms with Crippen molar-refractivity contribution < 1.29 is 9.53 Å². The summed E-state index contributed by atoms with van der Waals surface area (Å²) in [4.78, 5) is 12.1. The Morgan fingerprint density at radius 2 is 1.76 bits per heavy atom. The van der Waals surface area contributed by atoms with Gasteiger partial charge in [0.15, 0.2) is 0 Å². The number of carbonyl (C=O) groups is 1. The second-order valence-corrected chi connectivity index (χ2v) is 5.08. The number of benzene rings is 2. The fraction of sp³-hybridized carbons (Fsp3) is 0.278. The molecule has 1 N–H and O–H groups in total. The molecule has 1 amide bonds. The fourth-order valence-corrected chi connectivity index (χ4v) is 2.26. The molecule has 2 rings (SSSR count). The van der Waals surface area contributed by atoms with E-state index in [2.05, 4.69) is 12.2 Å². The molecule has 0 saturated carbocycles. The van der Waals surface area contributed by atoms with Gasteiger partial charge in [0.2, 0.25) is 5.91 Å². The average Bonchev–Trinajstić information content (AvgIpc) is 2.48. The molecule has 0 aliphatic carbocycles. The van der Waals surface area contributed by atoms with Crippen LogP contribution in [0.3, 0.4) is 0 Å². The van der Waals surface area contributed by atoms with Gasteiger partial charge in [-0.3, -0.25) is 4.79 Å². The monoisotopic (exact) mass is 283 g/mol. The summed E-state index contributed by atoms with van der Waals surface area (Å²) in [6.45, 7) is 4.09. The van der Waals surface area contributed by atoms with Crippen LogP contribution in [0.25, 0.3) is 0 Å². The van der Waals surface area contributed by atoms with Gasteiger partial charge in [-0.15, -0.1) is 0 Å². The zero-order valence-corrected chi connectivity index (χ0v) is 12.8. The van der Waals surface area contributed by atoms with Gasteiger partial charge >= 0.3 is 0 Å². The molecule has 0 saturated heterocycles. The maximum absolute atomic E-state index is 12.1. The van der Waals surface area contributed by atoms with Crippen molar-refractivity contribution in [2.45, 2.75) is 26.7 Å². The minimum Gasteiger partial charge on any atom is -0.496 e. The van der Waals surface area contributed by atoms with Crippen LogP contribution in [0.4, 0.5) is 5.69 Å². The lowest BCUT2D eigenvalue weighted by Gasteiger charge is -2.08. The van der Waals surface area contributed by atoms with Gasteiger partial charge in [0.05, 0.1) is 13.5 Å². The van der Waals surface area contributed by atoms with Crippen molar-refractivity contribution in [2.75, 3.05) is 12.4 Å². The fourth-order valence-electron chi connectivity index (χ4n) is 2.26. The molecule has 0 bridgehead atoms. The zero-order chi connectivity index (χ0) is 15.2. The Balaban J connectivity index is 1.99. The summed E-state index contributed by atoms with van der Waals surface area (Å²) in [7, 11) is 1.65. The van der Waals surface area contributed by atoms with Crippen LogP contribution in [0.15, 0.2) is 42.5 Å². The van der Waals surface area contributed by atoms with E-state index in [1.165, 1.54) is 5.56 Å². The molecule has 0 radical (unpaired) electrons. The standard InChI is InChI=1S/C18H21NO2/c1-4-14-5-8-16(9-6-14)19-18(20)12-15-7-10-17(21-3)13(2)11-15/h5-11H,4,12H2,1-3H3,(H,19,20). The highest BCUT2D eigenvalue weighted by Gasteiger charge is 2.06. The third kappa shape index (κ3) is 4.09. The summed E-state index contributed by atoms with van der Waals surface area (Å²) in [6, 6.07) is 13.8. The van der Waals surface area contributed by atoms with Crippen LogP contribution in [0.5, 0.6) is 5.75 Å². The Kier molecular flexibility index (Phi) is 4.99. The number of hydrogen-bond donors (Lipinski definition) is 1. The average molecular weight is 283 g/mol. The van der Waals surface area contributed by atoms with Crippen LogP contribution in [0, 0.1) is 6.92 Å². The number of amides is 1. The highest BCUT2D eigenvalue weighted by atomic mass is 16.5. The van der Waals surface area contributed by atoms with Gasteiger partial charge < -0.3 is 10.1 Å². The Morgan fingerprint density at radius 3 is 2.33 bits per heavy atom. The highest BCUT2D eigenvalue weighted by molar-refractivity contribution is 5.92.